The molecule has 0 bridgehead atoms. The average molecular weight is 364 g/mol. The number of pyridine rings is 1. The van der Waals surface area contributed by atoms with Crippen LogP contribution in [0.1, 0.15) is 30.5 Å². The second-order valence-electron chi connectivity index (χ2n) is 6.62. The van der Waals surface area contributed by atoms with Gasteiger partial charge in [0.2, 0.25) is 0 Å². The van der Waals surface area contributed by atoms with Crippen molar-refractivity contribution in [1.82, 2.24) is 4.98 Å². The predicted octanol–water partition coefficient (Wildman–Crippen LogP) is 6.07. The fourth-order valence-corrected chi connectivity index (χ4v) is 3.46. The molecule has 0 aliphatic rings. The molecule has 0 N–H and O–H groups in total. The highest BCUT2D eigenvalue weighted by Crippen LogP contribution is 2.38. The van der Waals surface area contributed by atoms with Gasteiger partial charge in [-0.05, 0) is 60.2 Å². The van der Waals surface area contributed by atoms with E-state index in [0.717, 1.165) is 39.8 Å². The van der Waals surface area contributed by atoms with Gasteiger partial charge >= 0.3 is 0 Å². The summed E-state index contributed by atoms with van der Waals surface area (Å²) in [7, 11) is 0. The molecule has 0 aliphatic carbocycles. The fourth-order valence-electron chi connectivity index (χ4n) is 3.17. The highest BCUT2D eigenvalue weighted by Gasteiger charge is 2.14. The highest BCUT2D eigenvalue weighted by molar-refractivity contribution is 6.34. The van der Waals surface area contributed by atoms with Crippen LogP contribution in [0.4, 0.5) is 0 Å². The second-order valence-corrected chi connectivity index (χ2v) is 7.03. The highest BCUT2D eigenvalue weighted by atomic mass is 35.5. The summed E-state index contributed by atoms with van der Waals surface area (Å²) in [6.45, 7) is 5.77. The topological polar surface area (TPSA) is 30.0 Å². The number of ketones is 1. The number of hydrogen-bond donors (Lipinski definition) is 0. The molecule has 2 nitrogen and oxygen atoms in total. The van der Waals surface area contributed by atoms with Crippen LogP contribution in [-0.4, -0.2) is 10.8 Å². The first kappa shape index (κ1) is 18.3. The van der Waals surface area contributed by atoms with Gasteiger partial charge in [-0.3, -0.25) is 9.78 Å². The lowest BCUT2D eigenvalue weighted by Gasteiger charge is -2.15. The Morgan fingerprint density at radius 3 is 2.62 bits per heavy atom. The zero-order chi connectivity index (χ0) is 18.7. The van der Waals surface area contributed by atoms with Crippen LogP contribution in [0.25, 0.3) is 22.3 Å². The molecular formula is C23H22ClNO. The average Bonchev–Trinajstić information content (AvgIpc) is 2.63. The van der Waals surface area contributed by atoms with Crippen LogP contribution < -0.4 is 0 Å². The van der Waals surface area contributed by atoms with Gasteiger partial charge in [-0.25, -0.2) is 0 Å². The predicted molar refractivity (Wildman–Crippen MR) is 109 cm³/mol. The largest absolute Gasteiger partial charge is 0.300 e. The van der Waals surface area contributed by atoms with E-state index in [0.29, 0.717) is 11.4 Å². The summed E-state index contributed by atoms with van der Waals surface area (Å²) in [5.41, 5.74) is 7.46. The normalized spacial score (nSPS) is 10.8. The standard InChI is InChI=1S/C23H22ClNO/c1-4-17-11-20(14-25-13-17)21-6-5-7-22(24)23(21)18-9-8-15(2)19(12-18)10-16(3)26/h5-9,11-14H,4,10H2,1-3H3. The second kappa shape index (κ2) is 7.84. The van der Waals surface area contributed by atoms with Crippen molar-refractivity contribution < 1.29 is 4.79 Å². The van der Waals surface area contributed by atoms with E-state index >= 15 is 0 Å². The fraction of sp³-hybridized carbons (Fsp3) is 0.217. The Balaban J connectivity index is 2.18. The third-order valence-electron chi connectivity index (χ3n) is 4.60. The number of benzene rings is 2. The van der Waals surface area contributed by atoms with Gasteiger partial charge in [0.15, 0.2) is 0 Å². The number of halogens is 1. The lowest BCUT2D eigenvalue weighted by molar-refractivity contribution is -0.116. The Morgan fingerprint density at radius 2 is 1.88 bits per heavy atom. The quantitative estimate of drug-likeness (QED) is 0.550. The van der Waals surface area contributed by atoms with Crippen molar-refractivity contribution in [3.05, 3.63) is 76.6 Å². The van der Waals surface area contributed by atoms with Crippen LogP contribution in [-0.2, 0) is 17.6 Å². The van der Waals surface area contributed by atoms with Crippen molar-refractivity contribution >= 4 is 17.4 Å². The molecular weight excluding hydrogens is 342 g/mol. The first-order valence-electron chi connectivity index (χ1n) is 8.81. The summed E-state index contributed by atoms with van der Waals surface area (Å²) in [4.78, 5) is 16.0. The van der Waals surface area contributed by atoms with Crippen molar-refractivity contribution in [1.29, 1.82) is 0 Å². The smallest absolute Gasteiger partial charge is 0.134 e. The number of aryl methyl sites for hydroxylation is 2. The molecule has 1 aromatic heterocycles. The summed E-state index contributed by atoms with van der Waals surface area (Å²) < 4.78 is 0. The monoisotopic (exact) mass is 363 g/mol. The molecule has 1 heterocycles. The van der Waals surface area contributed by atoms with Crippen LogP contribution >= 0.6 is 11.6 Å². The Hall–Kier alpha value is -2.45. The van der Waals surface area contributed by atoms with E-state index in [2.05, 4.69) is 42.2 Å². The number of hydrogen-bond acceptors (Lipinski definition) is 2. The third-order valence-corrected chi connectivity index (χ3v) is 4.92. The number of aromatic nitrogens is 1. The molecule has 0 amide bonds. The van der Waals surface area contributed by atoms with Gasteiger partial charge in [-0.2, -0.15) is 0 Å². The van der Waals surface area contributed by atoms with Gasteiger partial charge < -0.3 is 0 Å². The zero-order valence-corrected chi connectivity index (χ0v) is 16.1. The molecule has 2 aromatic carbocycles. The Kier molecular flexibility index (Phi) is 5.53. The molecule has 0 unspecified atom stereocenters. The van der Waals surface area contributed by atoms with Gasteiger partial charge in [0.25, 0.3) is 0 Å². The minimum absolute atomic E-state index is 0.157. The van der Waals surface area contributed by atoms with Crippen molar-refractivity contribution in [2.75, 3.05) is 0 Å². The molecule has 132 valence electrons. The van der Waals surface area contributed by atoms with Crippen LogP contribution in [0, 0.1) is 6.92 Å². The van der Waals surface area contributed by atoms with Gasteiger partial charge in [-0.15, -0.1) is 0 Å². The number of rotatable bonds is 5. The van der Waals surface area contributed by atoms with Crippen LogP contribution in [0.5, 0.6) is 0 Å². The third kappa shape index (κ3) is 3.86. The van der Waals surface area contributed by atoms with Gasteiger partial charge in [0, 0.05) is 35.0 Å². The zero-order valence-electron chi connectivity index (χ0n) is 15.3. The van der Waals surface area contributed by atoms with E-state index in [4.69, 9.17) is 11.6 Å². The molecule has 0 spiro atoms. The maximum Gasteiger partial charge on any atom is 0.134 e. The molecule has 3 aromatic rings. The Morgan fingerprint density at radius 1 is 1.08 bits per heavy atom. The first-order valence-corrected chi connectivity index (χ1v) is 9.19. The van der Waals surface area contributed by atoms with Crippen LogP contribution in [0.15, 0.2) is 54.9 Å². The summed E-state index contributed by atoms with van der Waals surface area (Å²) in [5, 5.41) is 0.696. The molecule has 26 heavy (non-hydrogen) atoms. The SMILES string of the molecule is CCc1cncc(-c2cccc(Cl)c2-c2ccc(C)c(CC(C)=O)c2)c1. The van der Waals surface area contributed by atoms with E-state index in [9.17, 15) is 4.79 Å². The van der Waals surface area contributed by atoms with Gasteiger partial charge in [-0.1, -0.05) is 48.9 Å². The maximum absolute atomic E-state index is 11.6. The lowest BCUT2D eigenvalue weighted by atomic mass is 9.91. The number of Topliss-reactive ketones (excluding diaryl/α,β-unsaturated/α-hetero) is 1. The summed E-state index contributed by atoms with van der Waals surface area (Å²) in [6, 6.07) is 14.3. The van der Waals surface area contributed by atoms with Crippen molar-refractivity contribution in [2.45, 2.75) is 33.6 Å². The minimum Gasteiger partial charge on any atom is -0.300 e. The minimum atomic E-state index is 0.157. The number of carbonyl (C=O) groups excluding carboxylic acids is 1. The van der Waals surface area contributed by atoms with E-state index in [1.165, 1.54) is 5.56 Å². The molecule has 0 atom stereocenters. The molecule has 0 saturated carbocycles. The molecule has 3 heteroatoms. The van der Waals surface area contributed by atoms with E-state index < -0.39 is 0 Å². The van der Waals surface area contributed by atoms with Gasteiger partial charge in [0.05, 0.1) is 0 Å². The van der Waals surface area contributed by atoms with E-state index in [1.54, 1.807) is 6.92 Å². The molecule has 0 fully saturated rings. The lowest BCUT2D eigenvalue weighted by Crippen LogP contribution is -1.99. The molecule has 0 aliphatic heterocycles. The molecule has 0 saturated heterocycles. The van der Waals surface area contributed by atoms with Crippen molar-refractivity contribution in [3.63, 3.8) is 0 Å². The Bertz CT molecular complexity index is 962. The Labute approximate surface area is 159 Å². The summed E-state index contributed by atoms with van der Waals surface area (Å²) >= 11 is 6.60. The van der Waals surface area contributed by atoms with Crippen molar-refractivity contribution in [3.8, 4) is 22.3 Å². The molecule has 0 radical (unpaired) electrons. The summed E-state index contributed by atoms with van der Waals surface area (Å²) in [5.74, 6) is 0.157. The first-order chi connectivity index (χ1) is 12.5. The maximum atomic E-state index is 11.6. The van der Waals surface area contributed by atoms with Gasteiger partial charge in [0.1, 0.15) is 5.78 Å². The number of nitrogens with zero attached hydrogens (tertiary/aromatic N) is 1. The number of carbonyl (C=O) groups is 1. The summed E-state index contributed by atoms with van der Waals surface area (Å²) in [6.07, 6.45) is 5.14. The van der Waals surface area contributed by atoms with Crippen molar-refractivity contribution in [2.24, 2.45) is 0 Å². The molecule has 3 rings (SSSR count). The van der Waals surface area contributed by atoms with Crippen LogP contribution in [0.3, 0.4) is 0 Å². The van der Waals surface area contributed by atoms with E-state index in [-0.39, 0.29) is 5.78 Å². The van der Waals surface area contributed by atoms with Crippen LogP contribution in [0.2, 0.25) is 5.02 Å². The van der Waals surface area contributed by atoms with E-state index in [1.807, 2.05) is 31.5 Å².